The lowest BCUT2D eigenvalue weighted by atomic mass is 10.1. The lowest BCUT2D eigenvalue weighted by Crippen LogP contribution is -1.93. The van der Waals surface area contributed by atoms with Crippen molar-refractivity contribution in [2.45, 2.75) is 69.1 Å². The third-order valence-electron chi connectivity index (χ3n) is 3.10. The fourth-order valence-electron chi connectivity index (χ4n) is 1.97. The summed E-state index contributed by atoms with van der Waals surface area (Å²) in [5, 5.41) is 0. The standard InChI is InChI=1S/C17H28S2/c1-4-7-13-18-16-11-9-12-17(15(16)10-6-3)19-14-8-5-2/h9,11-12H,4-8,10,13-14H2,1-3H3. The Morgan fingerprint density at radius 1 is 0.789 bits per heavy atom. The average Bonchev–Trinajstić information content (AvgIpc) is 2.42. The third kappa shape index (κ3) is 6.27. The van der Waals surface area contributed by atoms with Crippen LogP contribution in [0.15, 0.2) is 28.0 Å². The highest BCUT2D eigenvalue weighted by atomic mass is 32.2. The van der Waals surface area contributed by atoms with Gasteiger partial charge in [-0.1, -0.05) is 46.1 Å². The highest BCUT2D eigenvalue weighted by molar-refractivity contribution is 8.00. The number of thioether (sulfide) groups is 2. The SMILES string of the molecule is CCCCSc1cccc(SCCCC)c1CCC. The summed E-state index contributed by atoms with van der Waals surface area (Å²) in [5.74, 6) is 2.52. The Labute approximate surface area is 128 Å². The van der Waals surface area contributed by atoms with Crippen LogP contribution in [0.3, 0.4) is 0 Å². The zero-order chi connectivity index (χ0) is 13.9. The van der Waals surface area contributed by atoms with Crippen LogP contribution in [0.25, 0.3) is 0 Å². The zero-order valence-electron chi connectivity index (χ0n) is 12.7. The van der Waals surface area contributed by atoms with Crippen LogP contribution >= 0.6 is 23.5 Å². The first kappa shape index (κ1) is 17.0. The first-order valence-electron chi connectivity index (χ1n) is 7.70. The minimum absolute atomic E-state index is 1.23. The Kier molecular flexibility index (Phi) is 9.54. The van der Waals surface area contributed by atoms with Gasteiger partial charge in [-0.3, -0.25) is 0 Å². The van der Waals surface area contributed by atoms with Crippen molar-refractivity contribution in [3.05, 3.63) is 23.8 Å². The molecule has 2 heteroatoms. The van der Waals surface area contributed by atoms with Crippen molar-refractivity contribution in [2.24, 2.45) is 0 Å². The molecular formula is C17H28S2. The molecular weight excluding hydrogens is 268 g/mol. The first-order chi connectivity index (χ1) is 9.33. The monoisotopic (exact) mass is 296 g/mol. The molecule has 0 saturated carbocycles. The Morgan fingerprint density at radius 3 is 1.74 bits per heavy atom. The molecule has 0 saturated heterocycles. The molecule has 0 unspecified atom stereocenters. The van der Waals surface area contributed by atoms with Crippen LogP contribution in [-0.4, -0.2) is 11.5 Å². The summed E-state index contributed by atoms with van der Waals surface area (Å²) < 4.78 is 0. The van der Waals surface area contributed by atoms with E-state index < -0.39 is 0 Å². The molecule has 1 aromatic rings. The second kappa shape index (κ2) is 10.7. The molecule has 0 fully saturated rings. The molecule has 19 heavy (non-hydrogen) atoms. The van der Waals surface area contributed by atoms with E-state index in [2.05, 4.69) is 62.5 Å². The van der Waals surface area contributed by atoms with Gasteiger partial charge in [0.05, 0.1) is 0 Å². The summed E-state index contributed by atoms with van der Waals surface area (Å²) in [5.41, 5.74) is 1.60. The minimum atomic E-state index is 1.23. The molecule has 0 heterocycles. The Bertz CT molecular complexity index is 319. The fraction of sp³-hybridized carbons (Fsp3) is 0.647. The van der Waals surface area contributed by atoms with Gasteiger partial charge in [0, 0.05) is 9.79 Å². The lowest BCUT2D eigenvalue weighted by molar-refractivity contribution is 0.867. The molecule has 0 aliphatic carbocycles. The summed E-state index contributed by atoms with van der Waals surface area (Å²) >= 11 is 4.10. The van der Waals surface area contributed by atoms with Gasteiger partial charge in [-0.05, 0) is 48.5 Å². The molecule has 108 valence electrons. The van der Waals surface area contributed by atoms with Gasteiger partial charge in [0.1, 0.15) is 0 Å². The topological polar surface area (TPSA) is 0 Å². The van der Waals surface area contributed by atoms with Crippen molar-refractivity contribution in [3.63, 3.8) is 0 Å². The normalized spacial score (nSPS) is 10.9. The van der Waals surface area contributed by atoms with E-state index in [9.17, 15) is 0 Å². The van der Waals surface area contributed by atoms with E-state index in [4.69, 9.17) is 0 Å². The van der Waals surface area contributed by atoms with Crippen molar-refractivity contribution in [1.29, 1.82) is 0 Å². The number of benzene rings is 1. The van der Waals surface area contributed by atoms with Crippen molar-refractivity contribution in [3.8, 4) is 0 Å². The minimum Gasteiger partial charge on any atom is -0.126 e. The van der Waals surface area contributed by atoms with Crippen LogP contribution in [0.1, 0.15) is 58.4 Å². The van der Waals surface area contributed by atoms with E-state index in [-0.39, 0.29) is 0 Å². The second-order valence-electron chi connectivity index (χ2n) is 4.89. The summed E-state index contributed by atoms with van der Waals surface area (Å²) in [7, 11) is 0. The molecule has 0 aliphatic rings. The van der Waals surface area contributed by atoms with Gasteiger partial charge in [-0.15, -0.1) is 23.5 Å². The van der Waals surface area contributed by atoms with Gasteiger partial charge in [0.15, 0.2) is 0 Å². The van der Waals surface area contributed by atoms with Gasteiger partial charge in [0.2, 0.25) is 0 Å². The third-order valence-corrected chi connectivity index (χ3v) is 5.47. The van der Waals surface area contributed by atoms with E-state index in [0.717, 1.165) is 0 Å². The van der Waals surface area contributed by atoms with E-state index >= 15 is 0 Å². The number of rotatable bonds is 10. The lowest BCUT2D eigenvalue weighted by Gasteiger charge is -2.13. The van der Waals surface area contributed by atoms with Crippen LogP contribution in [-0.2, 0) is 6.42 Å². The van der Waals surface area contributed by atoms with Gasteiger partial charge in [-0.2, -0.15) is 0 Å². The molecule has 0 amide bonds. The van der Waals surface area contributed by atoms with Crippen molar-refractivity contribution >= 4 is 23.5 Å². The van der Waals surface area contributed by atoms with E-state index in [1.54, 1.807) is 5.56 Å². The molecule has 0 radical (unpaired) electrons. The van der Waals surface area contributed by atoms with Crippen molar-refractivity contribution in [1.82, 2.24) is 0 Å². The second-order valence-corrected chi connectivity index (χ2v) is 7.16. The van der Waals surface area contributed by atoms with Crippen LogP contribution in [0.4, 0.5) is 0 Å². The number of hydrogen-bond acceptors (Lipinski definition) is 2. The summed E-state index contributed by atoms with van der Waals surface area (Å²) in [4.78, 5) is 3.05. The molecule has 0 aliphatic heterocycles. The maximum Gasteiger partial charge on any atom is 0.0115 e. The molecule has 0 atom stereocenters. The maximum atomic E-state index is 2.31. The predicted molar refractivity (Wildman–Crippen MR) is 91.7 cm³/mol. The average molecular weight is 297 g/mol. The Hall–Kier alpha value is -0.0800. The van der Waals surface area contributed by atoms with Gasteiger partial charge in [-0.25, -0.2) is 0 Å². The molecule has 1 rings (SSSR count). The van der Waals surface area contributed by atoms with E-state index in [1.807, 2.05) is 0 Å². The fourth-order valence-corrected chi connectivity index (χ4v) is 4.46. The van der Waals surface area contributed by atoms with Crippen molar-refractivity contribution in [2.75, 3.05) is 11.5 Å². The zero-order valence-corrected chi connectivity index (χ0v) is 14.3. The largest absolute Gasteiger partial charge is 0.126 e. The van der Waals surface area contributed by atoms with E-state index in [1.165, 1.54) is 59.8 Å². The van der Waals surface area contributed by atoms with E-state index in [0.29, 0.717) is 0 Å². The van der Waals surface area contributed by atoms with Crippen LogP contribution < -0.4 is 0 Å². The van der Waals surface area contributed by atoms with Gasteiger partial charge >= 0.3 is 0 Å². The first-order valence-corrected chi connectivity index (χ1v) is 9.68. The van der Waals surface area contributed by atoms with Crippen LogP contribution in [0.2, 0.25) is 0 Å². The maximum absolute atomic E-state index is 2.31. The molecule has 0 aromatic heterocycles. The quantitative estimate of drug-likeness (QED) is 0.361. The highest BCUT2D eigenvalue weighted by Gasteiger charge is 2.08. The highest BCUT2D eigenvalue weighted by Crippen LogP contribution is 2.33. The molecule has 0 bridgehead atoms. The number of unbranched alkanes of at least 4 members (excludes halogenated alkanes) is 2. The summed E-state index contributed by atoms with van der Waals surface area (Å²) in [6, 6.07) is 6.87. The molecule has 0 N–H and O–H groups in total. The smallest absolute Gasteiger partial charge is 0.0115 e. The molecule has 0 nitrogen and oxygen atoms in total. The van der Waals surface area contributed by atoms with Crippen molar-refractivity contribution < 1.29 is 0 Å². The van der Waals surface area contributed by atoms with Gasteiger partial charge < -0.3 is 0 Å². The summed E-state index contributed by atoms with van der Waals surface area (Å²) in [6.45, 7) is 6.82. The Morgan fingerprint density at radius 2 is 1.32 bits per heavy atom. The molecule has 1 aromatic carbocycles. The molecule has 0 spiro atoms. The van der Waals surface area contributed by atoms with Crippen LogP contribution in [0.5, 0.6) is 0 Å². The predicted octanol–water partition coefficient (Wildman–Crippen LogP) is 6.42. The summed E-state index contributed by atoms with van der Waals surface area (Å²) in [6.07, 6.45) is 7.70. The van der Waals surface area contributed by atoms with Gasteiger partial charge in [0.25, 0.3) is 0 Å². The van der Waals surface area contributed by atoms with Crippen LogP contribution in [0, 0.1) is 0 Å². The Balaban J connectivity index is 2.74. The number of hydrogen-bond donors (Lipinski definition) is 0.